The van der Waals surface area contributed by atoms with Gasteiger partial charge in [-0.15, -0.1) is 0 Å². The van der Waals surface area contributed by atoms with Crippen LogP contribution in [0.5, 0.6) is 5.75 Å². The minimum absolute atomic E-state index is 0.0140. The summed E-state index contributed by atoms with van der Waals surface area (Å²) in [7, 11) is 1.70. The number of carbonyl (C=O) groups excluding carboxylic acids is 1. The molecule has 1 amide bonds. The zero-order valence-corrected chi connectivity index (χ0v) is 8.97. The summed E-state index contributed by atoms with van der Waals surface area (Å²) < 4.78 is 0. The SMILES string of the molecule is CC(CN)N(C)C(=O)c1cccc(O)c1. The van der Waals surface area contributed by atoms with E-state index in [2.05, 4.69) is 0 Å². The predicted octanol–water partition coefficient (Wildman–Crippen LogP) is 0.811. The summed E-state index contributed by atoms with van der Waals surface area (Å²) in [5.41, 5.74) is 5.95. The smallest absolute Gasteiger partial charge is 0.254 e. The summed E-state index contributed by atoms with van der Waals surface area (Å²) in [5, 5.41) is 9.24. The first kappa shape index (κ1) is 11.5. The molecule has 0 fully saturated rings. The first-order valence-corrected chi connectivity index (χ1v) is 4.82. The molecule has 0 aliphatic heterocycles. The maximum absolute atomic E-state index is 11.9. The Labute approximate surface area is 89.3 Å². The molecule has 1 rings (SSSR count). The van der Waals surface area contributed by atoms with Crippen LogP contribution < -0.4 is 5.73 Å². The van der Waals surface area contributed by atoms with Crippen LogP contribution in [0.3, 0.4) is 0 Å². The lowest BCUT2D eigenvalue weighted by atomic mass is 10.1. The number of nitrogens with two attached hydrogens (primary N) is 1. The van der Waals surface area contributed by atoms with Crippen molar-refractivity contribution in [3.05, 3.63) is 29.8 Å². The molecule has 1 aromatic carbocycles. The number of hydrogen-bond acceptors (Lipinski definition) is 3. The lowest BCUT2D eigenvalue weighted by Gasteiger charge is -2.23. The Morgan fingerprint density at radius 2 is 2.27 bits per heavy atom. The van der Waals surface area contributed by atoms with Gasteiger partial charge in [-0.25, -0.2) is 0 Å². The highest BCUT2D eigenvalue weighted by atomic mass is 16.3. The summed E-state index contributed by atoms with van der Waals surface area (Å²) in [5.74, 6) is -0.0431. The molecule has 0 bridgehead atoms. The van der Waals surface area contributed by atoms with E-state index in [4.69, 9.17) is 5.73 Å². The normalized spacial score (nSPS) is 12.2. The van der Waals surface area contributed by atoms with Crippen molar-refractivity contribution in [2.75, 3.05) is 13.6 Å². The molecule has 0 aromatic heterocycles. The third kappa shape index (κ3) is 2.70. The zero-order valence-electron chi connectivity index (χ0n) is 8.97. The molecule has 0 saturated carbocycles. The Balaban J connectivity index is 2.85. The minimum Gasteiger partial charge on any atom is -0.508 e. The van der Waals surface area contributed by atoms with Gasteiger partial charge in [0.2, 0.25) is 0 Å². The summed E-state index contributed by atoms with van der Waals surface area (Å²) in [4.78, 5) is 13.4. The number of phenolic OH excluding ortho intramolecular Hbond substituents is 1. The molecule has 0 heterocycles. The van der Waals surface area contributed by atoms with Gasteiger partial charge in [0.05, 0.1) is 0 Å². The first-order valence-electron chi connectivity index (χ1n) is 4.82. The van der Waals surface area contributed by atoms with E-state index in [1.54, 1.807) is 24.1 Å². The molecule has 82 valence electrons. The molecule has 1 atom stereocenters. The summed E-state index contributed by atoms with van der Waals surface area (Å²) in [6.07, 6.45) is 0. The number of amides is 1. The van der Waals surface area contributed by atoms with E-state index in [1.165, 1.54) is 12.1 Å². The van der Waals surface area contributed by atoms with Gasteiger partial charge in [-0.05, 0) is 25.1 Å². The standard InChI is InChI=1S/C11H16N2O2/c1-8(7-12)13(2)11(15)9-4-3-5-10(14)6-9/h3-6,8,14H,7,12H2,1-2H3. The molecule has 4 heteroatoms. The van der Waals surface area contributed by atoms with Gasteiger partial charge < -0.3 is 15.7 Å². The van der Waals surface area contributed by atoms with E-state index >= 15 is 0 Å². The van der Waals surface area contributed by atoms with Crippen LogP contribution >= 0.6 is 0 Å². The molecule has 15 heavy (non-hydrogen) atoms. The van der Waals surface area contributed by atoms with Crippen LogP contribution in [0.1, 0.15) is 17.3 Å². The molecule has 0 saturated heterocycles. The third-order valence-electron chi connectivity index (χ3n) is 2.42. The first-order chi connectivity index (χ1) is 7.06. The summed E-state index contributed by atoms with van der Waals surface area (Å²) >= 11 is 0. The van der Waals surface area contributed by atoms with Gasteiger partial charge in [-0.1, -0.05) is 6.07 Å². The van der Waals surface area contributed by atoms with Gasteiger partial charge in [0.15, 0.2) is 0 Å². The van der Waals surface area contributed by atoms with E-state index in [-0.39, 0.29) is 17.7 Å². The fraction of sp³-hybridized carbons (Fsp3) is 0.364. The van der Waals surface area contributed by atoms with Crippen LogP contribution in [0.2, 0.25) is 0 Å². The average Bonchev–Trinajstić information content (AvgIpc) is 2.26. The third-order valence-corrected chi connectivity index (χ3v) is 2.42. The van der Waals surface area contributed by atoms with Gasteiger partial charge in [0.25, 0.3) is 5.91 Å². The lowest BCUT2D eigenvalue weighted by Crippen LogP contribution is -2.39. The van der Waals surface area contributed by atoms with Crippen molar-refractivity contribution in [3.63, 3.8) is 0 Å². The molecule has 1 aromatic rings. The van der Waals surface area contributed by atoms with E-state index in [9.17, 15) is 9.90 Å². The van der Waals surface area contributed by atoms with E-state index < -0.39 is 0 Å². The topological polar surface area (TPSA) is 66.6 Å². The number of nitrogens with zero attached hydrogens (tertiary/aromatic N) is 1. The maximum Gasteiger partial charge on any atom is 0.254 e. The second-order valence-electron chi connectivity index (χ2n) is 3.55. The molecule has 0 radical (unpaired) electrons. The van der Waals surface area contributed by atoms with Crippen molar-refractivity contribution < 1.29 is 9.90 Å². The van der Waals surface area contributed by atoms with Crippen molar-refractivity contribution in [1.82, 2.24) is 4.90 Å². The van der Waals surface area contributed by atoms with Crippen LogP contribution in [-0.2, 0) is 0 Å². The fourth-order valence-electron chi connectivity index (χ4n) is 1.20. The van der Waals surface area contributed by atoms with Crippen molar-refractivity contribution in [1.29, 1.82) is 0 Å². The monoisotopic (exact) mass is 208 g/mol. The highest BCUT2D eigenvalue weighted by Gasteiger charge is 2.16. The number of phenols is 1. The van der Waals surface area contributed by atoms with Crippen LogP contribution in [0.15, 0.2) is 24.3 Å². The molecule has 3 N–H and O–H groups in total. The van der Waals surface area contributed by atoms with Crippen LogP contribution in [0.4, 0.5) is 0 Å². The zero-order chi connectivity index (χ0) is 11.4. The number of likely N-dealkylation sites (N-methyl/N-ethyl adjacent to an activating group) is 1. The molecule has 4 nitrogen and oxygen atoms in total. The molecule has 0 aliphatic rings. The Morgan fingerprint density at radius 1 is 1.60 bits per heavy atom. The number of benzene rings is 1. The number of aromatic hydroxyl groups is 1. The van der Waals surface area contributed by atoms with Gasteiger partial charge in [0, 0.05) is 25.2 Å². The predicted molar refractivity (Wildman–Crippen MR) is 58.7 cm³/mol. The molecule has 0 spiro atoms. The number of hydrogen-bond donors (Lipinski definition) is 2. The average molecular weight is 208 g/mol. The highest BCUT2D eigenvalue weighted by molar-refractivity contribution is 5.94. The lowest BCUT2D eigenvalue weighted by molar-refractivity contribution is 0.0748. The molecular weight excluding hydrogens is 192 g/mol. The second kappa shape index (κ2) is 4.79. The van der Waals surface area contributed by atoms with Crippen LogP contribution in [0.25, 0.3) is 0 Å². The summed E-state index contributed by atoms with van der Waals surface area (Å²) in [6, 6.07) is 6.27. The Hall–Kier alpha value is -1.55. The fourth-order valence-corrected chi connectivity index (χ4v) is 1.20. The van der Waals surface area contributed by atoms with Crippen molar-refractivity contribution in [3.8, 4) is 5.75 Å². The largest absolute Gasteiger partial charge is 0.508 e. The second-order valence-corrected chi connectivity index (χ2v) is 3.55. The maximum atomic E-state index is 11.9. The van der Waals surface area contributed by atoms with Gasteiger partial charge in [-0.2, -0.15) is 0 Å². The Kier molecular flexibility index (Phi) is 3.68. The van der Waals surface area contributed by atoms with E-state index in [0.29, 0.717) is 12.1 Å². The summed E-state index contributed by atoms with van der Waals surface area (Å²) in [6.45, 7) is 2.29. The van der Waals surface area contributed by atoms with E-state index in [1.807, 2.05) is 6.92 Å². The number of carbonyl (C=O) groups is 1. The Morgan fingerprint density at radius 3 is 2.80 bits per heavy atom. The van der Waals surface area contributed by atoms with E-state index in [0.717, 1.165) is 0 Å². The number of rotatable bonds is 3. The van der Waals surface area contributed by atoms with Gasteiger partial charge in [0.1, 0.15) is 5.75 Å². The Bertz CT molecular complexity index is 352. The van der Waals surface area contributed by atoms with Gasteiger partial charge >= 0.3 is 0 Å². The van der Waals surface area contributed by atoms with Crippen LogP contribution in [-0.4, -0.2) is 35.5 Å². The highest BCUT2D eigenvalue weighted by Crippen LogP contribution is 2.13. The van der Waals surface area contributed by atoms with Crippen molar-refractivity contribution in [2.45, 2.75) is 13.0 Å². The van der Waals surface area contributed by atoms with Crippen molar-refractivity contribution in [2.24, 2.45) is 5.73 Å². The quantitative estimate of drug-likeness (QED) is 0.772. The van der Waals surface area contributed by atoms with Crippen molar-refractivity contribution >= 4 is 5.91 Å². The molecule has 1 unspecified atom stereocenters. The molecular formula is C11H16N2O2. The minimum atomic E-state index is -0.135. The van der Waals surface area contributed by atoms with Crippen LogP contribution in [0, 0.1) is 0 Å². The van der Waals surface area contributed by atoms with Gasteiger partial charge in [-0.3, -0.25) is 4.79 Å². The molecule has 0 aliphatic carbocycles.